The van der Waals surface area contributed by atoms with Gasteiger partial charge in [0.05, 0.1) is 30.2 Å². The summed E-state index contributed by atoms with van der Waals surface area (Å²) in [5.41, 5.74) is 2.61. The third-order valence-corrected chi connectivity index (χ3v) is 8.49. The van der Waals surface area contributed by atoms with E-state index >= 15 is 0 Å². The highest BCUT2D eigenvalue weighted by Crippen LogP contribution is 2.50. The fourth-order valence-electron chi connectivity index (χ4n) is 5.91. The van der Waals surface area contributed by atoms with E-state index in [1.807, 2.05) is 29.2 Å². The summed E-state index contributed by atoms with van der Waals surface area (Å²) in [4.78, 5) is 45.3. The number of amides is 2. The first-order valence-electron chi connectivity index (χ1n) is 13.1. The molecule has 0 spiro atoms. The number of Topliss-reactive ketones (excluding diaryl/α,β-unsaturated/α-hetero) is 1. The fourth-order valence-corrected chi connectivity index (χ4v) is 6.35. The molecular weight excluding hydrogens is 580 g/mol. The van der Waals surface area contributed by atoms with Crippen LogP contribution in [0.5, 0.6) is 5.75 Å². The fraction of sp³-hybridized carbons (Fsp3) is 0.258. The maximum Gasteiger partial charge on any atom is 0.240 e. The van der Waals surface area contributed by atoms with E-state index in [0.29, 0.717) is 28.6 Å². The minimum absolute atomic E-state index is 0.195. The minimum Gasteiger partial charge on any atom is -0.494 e. The zero-order valence-corrected chi connectivity index (χ0v) is 23.6. The second kappa shape index (κ2) is 10.3. The van der Waals surface area contributed by atoms with Crippen LogP contribution in [0.3, 0.4) is 0 Å². The third kappa shape index (κ3) is 4.38. The van der Waals surface area contributed by atoms with Crippen LogP contribution in [-0.4, -0.2) is 36.3 Å². The van der Waals surface area contributed by atoms with Gasteiger partial charge in [0.25, 0.3) is 0 Å². The van der Waals surface area contributed by atoms with Gasteiger partial charge in [0.15, 0.2) is 5.78 Å². The minimum atomic E-state index is -0.843. The van der Waals surface area contributed by atoms with Crippen molar-refractivity contribution in [3.05, 3.63) is 93.4 Å². The van der Waals surface area contributed by atoms with Crippen molar-refractivity contribution >= 4 is 62.6 Å². The quantitative estimate of drug-likeness (QED) is 0.174. The van der Waals surface area contributed by atoms with Gasteiger partial charge in [-0.05, 0) is 66.6 Å². The molecule has 0 bridgehead atoms. The molecule has 4 atom stereocenters. The largest absolute Gasteiger partial charge is 0.494 e. The summed E-state index contributed by atoms with van der Waals surface area (Å²) in [6.07, 6.45) is 5.82. The second-order valence-corrected chi connectivity index (χ2v) is 11.4. The van der Waals surface area contributed by atoms with E-state index in [1.165, 1.54) is 4.90 Å². The van der Waals surface area contributed by atoms with Gasteiger partial charge in [-0.1, -0.05) is 65.2 Å². The number of imide groups is 1. The number of carbonyl (C=O) groups is 3. The molecule has 8 heteroatoms. The van der Waals surface area contributed by atoms with Crippen molar-refractivity contribution < 1.29 is 19.1 Å². The average Bonchev–Trinajstić information content (AvgIpc) is 3.41. The van der Waals surface area contributed by atoms with E-state index in [-0.39, 0.29) is 17.6 Å². The first-order chi connectivity index (χ1) is 18.9. The van der Waals surface area contributed by atoms with Gasteiger partial charge in [-0.25, -0.2) is 4.90 Å². The zero-order valence-electron chi connectivity index (χ0n) is 21.2. The van der Waals surface area contributed by atoms with Crippen molar-refractivity contribution in [2.45, 2.75) is 31.8 Å². The van der Waals surface area contributed by atoms with Gasteiger partial charge in [-0.15, -0.1) is 0 Å². The van der Waals surface area contributed by atoms with E-state index in [0.717, 1.165) is 28.6 Å². The maximum absolute atomic E-state index is 14.1. The van der Waals surface area contributed by atoms with Gasteiger partial charge < -0.3 is 9.64 Å². The standard InChI is InChI=1S/C31H26BrClN2O4/c1-2-3-16-39-23-12-10-22(11-13-23)34-30(37)26-25-14-6-19-17-21(33)9-15-24(19)35(25)28(27(26)31(34)38)29(36)18-4-7-20(32)8-5-18/h4-15,17,25-28H,2-3,16H2,1H3/t25-,26-,27-,28+/m1/s1. The van der Waals surface area contributed by atoms with Crippen molar-refractivity contribution in [3.63, 3.8) is 0 Å². The van der Waals surface area contributed by atoms with E-state index in [4.69, 9.17) is 16.3 Å². The molecule has 0 aliphatic carbocycles. The van der Waals surface area contributed by atoms with Gasteiger partial charge in [-0.2, -0.15) is 0 Å². The Hall–Kier alpha value is -3.42. The van der Waals surface area contributed by atoms with Gasteiger partial charge in [0, 0.05) is 20.7 Å². The molecule has 6 rings (SSSR count). The van der Waals surface area contributed by atoms with Crippen LogP contribution >= 0.6 is 27.5 Å². The van der Waals surface area contributed by atoms with Crippen molar-refractivity contribution in [1.82, 2.24) is 0 Å². The number of nitrogens with zero attached hydrogens (tertiary/aromatic N) is 2. The molecule has 0 saturated carbocycles. The lowest BCUT2D eigenvalue weighted by atomic mass is 9.86. The summed E-state index contributed by atoms with van der Waals surface area (Å²) in [6.45, 7) is 2.71. The Balaban J connectivity index is 1.39. The topological polar surface area (TPSA) is 66.9 Å². The predicted octanol–water partition coefficient (Wildman–Crippen LogP) is 6.55. The number of ether oxygens (including phenoxy) is 1. The molecule has 198 valence electrons. The number of hydrogen-bond donors (Lipinski definition) is 0. The molecule has 3 aromatic carbocycles. The van der Waals surface area contributed by atoms with Crippen molar-refractivity contribution in [3.8, 4) is 5.75 Å². The Labute approximate surface area is 240 Å². The molecule has 6 nitrogen and oxygen atoms in total. The van der Waals surface area contributed by atoms with Crippen molar-refractivity contribution in [1.29, 1.82) is 0 Å². The van der Waals surface area contributed by atoms with E-state index in [1.54, 1.807) is 54.6 Å². The number of carbonyl (C=O) groups excluding carboxylic acids is 3. The Bertz CT molecular complexity index is 1490. The van der Waals surface area contributed by atoms with E-state index in [2.05, 4.69) is 22.9 Å². The summed E-state index contributed by atoms with van der Waals surface area (Å²) in [5, 5.41) is 0.576. The average molecular weight is 606 g/mol. The number of rotatable bonds is 7. The van der Waals surface area contributed by atoms with Gasteiger partial charge >= 0.3 is 0 Å². The number of benzene rings is 3. The molecule has 2 amide bonds. The lowest BCUT2D eigenvalue weighted by molar-refractivity contribution is -0.122. The number of fused-ring (bicyclic) bond motifs is 5. The SMILES string of the molecule is CCCCOc1ccc(N2C(=O)[C@@H]3[C@H](C2=O)[C@H]2C=Cc4cc(Cl)ccc4N2[C@@H]3C(=O)c2ccc(Br)cc2)cc1. The number of anilines is 2. The lowest BCUT2D eigenvalue weighted by Gasteiger charge is -2.36. The molecule has 0 unspecified atom stereocenters. The van der Waals surface area contributed by atoms with Gasteiger partial charge in [0.2, 0.25) is 11.8 Å². The van der Waals surface area contributed by atoms with Crippen LogP contribution in [0.1, 0.15) is 35.7 Å². The molecular formula is C31H26BrClN2O4. The highest BCUT2D eigenvalue weighted by Gasteiger charge is 2.64. The molecule has 3 aliphatic heterocycles. The van der Waals surface area contributed by atoms with Crippen LogP contribution in [0.2, 0.25) is 5.02 Å². The molecule has 2 saturated heterocycles. The van der Waals surface area contributed by atoms with E-state index < -0.39 is 23.9 Å². The maximum atomic E-state index is 14.1. The third-order valence-electron chi connectivity index (χ3n) is 7.73. The van der Waals surface area contributed by atoms with Crippen LogP contribution in [0.4, 0.5) is 11.4 Å². The summed E-state index contributed by atoms with van der Waals surface area (Å²) < 4.78 is 6.60. The Morgan fingerprint density at radius 3 is 2.41 bits per heavy atom. The smallest absolute Gasteiger partial charge is 0.240 e. The normalized spacial score (nSPS) is 23.1. The monoisotopic (exact) mass is 604 g/mol. The van der Waals surface area contributed by atoms with Crippen molar-refractivity contribution in [2.24, 2.45) is 11.8 Å². The van der Waals surface area contributed by atoms with Crippen LogP contribution in [0.25, 0.3) is 6.08 Å². The van der Waals surface area contributed by atoms with Crippen LogP contribution in [0.15, 0.2) is 77.3 Å². The van der Waals surface area contributed by atoms with Crippen LogP contribution in [-0.2, 0) is 9.59 Å². The Morgan fingerprint density at radius 2 is 1.69 bits per heavy atom. The summed E-state index contributed by atoms with van der Waals surface area (Å²) in [6, 6.07) is 18.3. The van der Waals surface area contributed by atoms with Crippen molar-refractivity contribution in [2.75, 3.05) is 16.4 Å². The molecule has 0 radical (unpaired) electrons. The summed E-state index contributed by atoms with van der Waals surface area (Å²) >= 11 is 9.68. The summed E-state index contributed by atoms with van der Waals surface area (Å²) in [5.74, 6) is -1.69. The molecule has 0 aromatic heterocycles. The van der Waals surface area contributed by atoms with Crippen LogP contribution < -0.4 is 14.5 Å². The first-order valence-corrected chi connectivity index (χ1v) is 14.2. The zero-order chi connectivity index (χ0) is 27.3. The highest BCUT2D eigenvalue weighted by molar-refractivity contribution is 9.10. The lowest BCUT2D eigenvalue weighted by Crippen LogP contribution is -2.48. The predicted molar refractivity (Wildman–Crippen MR) is 155 cm³/mol. The number of hydrogen-bond acceptors (Lipinski definition) is 5. The molecule has 2 fully saturated rings. The summed E-state index contributed by atoms with van der Waals surface area (Å²) in [7, 11) is 0. The Kier molecular flexibility index (Phi) is 6.81. The Morgan fingerprint density at radius 1 is 0.974 bits per heavy atom. The van der Waals surface area contributed by atoms with Gasteiger partial charge in [-0.3, -0.25) is 14.4 Å². The first kappa shape index (κ1) is 25.8. The van der Waals surface area contributed by atoms with Gasteiger partial charge in [0.1, 0.15) is 11.8 Å². The molecule has 3 aliphatic rings. The highest BCUT2D eigenvalue weighted by atomic mass is 79.9. The number of unbranched alkanes of at least 4 members (excludes halogenated alkanes) is 1. The van der Waals surface area contributed by atoms with E-state index in [9.17, 15) is 14.4 Å². The second-order valence-electron chi connectivity index (χ2n) is 10.0. The molecule has 0 N–H and O–H groups in total. The number of ketones is 1. The molecule has 39 heavy (non-hydrogen) atoms. The molecule has 3 heterocycles. The number of halogens is 2. The van der Waals surface area contributed by atoms with Crippen LogP contribution in [0, 0.1) is 11.8 Å². The molecule has 3 aromatic rings.